The fourth-order valence-electron chi connectivity index (χ4n) is 3.42. The van der Waals surface area contributed by atoms with Gasteiger partial charge in [0.15, 0.2) is 6.10 Å². The van der Waals surface area contributed by atoms with E-state index in [0.717, 1.165) is 12.8 Å². The van der Waals surface area contributed by atoms with Crippen LogP contribution >= 0.6 is 0 Å². The molecule has 3 aliphatic heterocycles. The molecule has 0 aliphatic carbocycles. The summed E-state index contributed by atoms with van der Waals surface area (Å²) in [6, 6.07) is 4.16. The summed E-state index contributed by atoms with van der Waals surface area (Å²) in [6.07, 6.45) is 1.14. The van der Waals surface area contributed by atoms with Crippen molar-refractivity contribution < 1.29 is 18.7 Å². The molecule has 4 rings (SSSR count). The highest BCUT2D eigenvalue weighted by molar-refractivity contribution is 6.12. The van der Waals surface area contributed by atoms with E-state index in [4.69, 9.17) is 4.74 Å². The number of carbonyl (C=O) groups excluding carboxylic acids is 2. The number of halogens is 1. The van der Waals surface area contributed by atoms with Crippen LogP contribution in [0.4, 0.5) is 10.1 Å². The largest absolute Gasteiger partial charge is 0.340 e. The van der Waals surface area contributed by atoms with Crippen LogP contribution in [-0.2, 0) is 19.9 Å². The van der Waals surface area contributed by atoms with Gasteiger partial charge in [-0.15, -0.1) is 0 Å². The second-order valence-corrected chi connectivity index (χ2v) is 5.79. The molecule has 21 heavy (non-hydrogen) atoms. The molecule has 0 aromatic heterocycles. The standard InChI is InChI=1S/C15H15FN2O3/c1-17-11-5-4-9(16)8-10(11)15(14(17)20)12(21-15)13(19)18-6-2-3-7-18/h4-5,8,12H,2-3,6-7H2,1H3/t12-,15+/m0/s1. The van der Waals surface area contributed by atoms with Crippen LogP contribution < -0.4 is 4.90 Å². The van der Waals surface area contributed by atoms with Crippen molar-refractivity contribution in [3.05, 3.63) is 29.6 Å². The third-order valence-corrected chi connectivity index (χ3v) is 4.60. The molecule has 2 saturated heterocycles. The first-order valence-electron chi connectivity index (χ1n) is 7.10. The van der Waals surface area contributed by atoms with E-state index in [9.17, 15) is 14.0 Å². The molecule has 5 nitrogen and oxygen atoms in total. The number of epoxide rings is 1. The molecule has 0 unspecified atom stereocenters. The van der Waals surface area contributed by atoms with E-state index in [1.54, 1.807) is 18.0 Å². The van der Waals surface area contributed by atoms with Crippen LogP contribution in [0.15, 0.2) is 18.2 Å². The highest BCUT2D eigenvalue weighted by Gasteiger charge is 2.72. The second kappa shape index (κ2) is 4.04. The number of benzene rings is 1. The first kappa shape index (κ1) is 12.8. The van der Waals surface area contributed by atoms with Gasteiger partial charge in [0.1, 0.15) is 5.82 Å². The molecule has 0 saturated carbocycles. The lowest BCUT2D eigenvalue weighted by Crippen LogP contribution is -2.38. The number of rotatable bonds is 1. The quantitative estimate of drug-likeness (QED) is 0.726. The van der Waals surface area contributed by atoms with Gasteiger partial charge in [-0.1, -0.05) is 0 Å². The molecule has 3 aliphatic rings. The molecule has 2 amide bonds. The predicted octanol–water partition coefficient (Wildman–Crippen LogP) is 1.02. The van der Waals surface area contributed by atoms with Crippen molar-refractivity contribution in [1.82, 2.24) is 4.90 Å². The van der Waals surface area contributed by atoms with Gasteiger partial charge < -0.3 is 14.5 Å². The maximum absolute atomic E-state index is 13.5. The average molecular weight is 290 g/mol. The third-order valence-electron chi connectivity index (χ3n) is 4.60. The Balaban J connectivity index is 1.72. The Bertz CT molecular complexity index is 656. The van der Waals surface area contributed by atoms with Gasteiger partial charge in [-0.2, -0.15) is 0 Å². The van der Waals surface area contributed by atoms with E-state index < -0.39 is 17.5 Å². The van der Waals surface area contributed by atoms with Gasteiger partial charge in [0.25, 0.3) is 11.8 Å². The molecule has 110 valence electrons. The average Bonchev–Trinajstić information content (AvgIpc) is 2.91. The molecule has 2 fully saturated rings. The first-order chi connectivity index (χ1) is 10.1. The number of anilines is 1. The van der Waals surface area contributed by atoms with E-state index in [-0.39, 0.29) is 11.8 Å². The molecule has 1 aromatic carbocycles. The minimum absolute atomic E-state index is 0.161. The summed E-state index contributed by atoms with van der Waals surface area (Å²) in [5, 5.41) is 0. The van der Waals surface area contributed by atoms with Gasteiger partial charge in [0.05, 0.1) is 5.69 Å². The molecule has 1 spiro atoms. The van der Waals surface area contributed by atoms with Crippen LogP contribution in [0.1, 0.15) is 18.4 Å². The van der Waals surface area contributed by atoms with E-state index in [2.05, 4.69) is 0 Å². The van der Waals surface area contributed by atoms with E-state index in [1.807, 2.05) is 0 Å². The fourth-order valence-corrected chi connectivity index (χ4v) is 3.42. The number of fused-ring (bicyclic) bond motifs is 2. The highest BCUT2D eigenvalue weighted by atomic mass is 19.1. The van der Waals surface area contributed by atoms with Crippen molar-refractivity contribution in [2.75, 3.05) is 25.0 Å². The van der Waals surface area contributed by atoms with Gasteiger partial charge in [0, 0.05) is 25.7 Å². The van der Waals surface area contributed by atoms with Crippen LogP contribution in [-0.4, -0.2) is 43.0 Å². The smallest absolute Gasteiger partial charge is 0.267 e. The summed E-state index contributed by atoms with van der Waals surface area (Å²) in [5.74, 6) is -0.883. The SMILES string of the molecule is CN1C(=O)[C@@]2(O[C@H]2C(=O)N2CCCC2)c2cc(F)ccc21. The van der Waals surface area contributed by atoms with E-state index in [1.165, 1.54) is 17.0 Å². The van der Waals surface area contributed by atoms with Crippen LogP contribution in [0.25, 0.3) is 0 Å². The minimum atomic E-state index is -1.30. The zero-order valence-electron chi connectivity index (χ0n) is 11.6. The lowest BCUT2D eigenvalue weighted by molar-refractivity contribution is -0.132. The summed E-state index contributed by atoms with van der Waals surface area (Å²) < 4.78 is 19.1. The Labute approximate surface area is 121 Å². The number of nitrogens with zero attached hydrogens (tertiary/aromatic N) is 2. The number of likely N-dealkylation sites (N-methyl/N-ethyl adjacent to an activating group) is 1. The Morgan fingerprint density at radius 2 is 2.10 bits per heavy atom. The van der Waals surface area contributed by atoms with Crippen LogP contribution in [0.2, 0.25) is 0 Å². The molecule has 3 heterocycles. The first-order valence-corrected chi connectivity index (χ1v) is 7.10. The van der Waals surface area contributed by atoms with Crippen molar-refractivity contribution >= 4 is 17.5 Å². The number of hydrogen-bond donors (Lipinski definition) is 0. The normalized spacial score (nSPS) is 30.2. The van der Waals surface area contributed by atoms with Crippen molar-refractivity contribution in [2.45, 2.75) is 24.5 Å². The Morgan fingerprint density at radius 1 is 1.38 bits per heavy atom. The Morgan fingerprint density at radius 3 is 2.81 bits per heavy atom. The lowest BCUT2D eigenvalue weighted by Gasteiger charge is -2.14. The molecular weight excluding hydrogens is 275 g/mol. The maximum Gasteiger partial charge on any atom is 0.267 e. The predicted molar refractivity (Wildman–Crippen MR) is 72.2 cm³/mol. The number of carbonyl (C=O) groups is 2. The summed E-state index contributed by atoms with van der Waals surface area (Å²) in [6.45, 7) is 1.41. The molecule has 0 N–H and O–H groups in total. The Hall–Kier alpha value is -1.95. The number of amides is 2. The molecular formula is C15H15FN2O3. The zero-order chi connectivity index (χ0) is 14.8. The van der Waals surface area contributed by atoms with Crippen LogP contribution in [0.5, 0.6) is 0 Å². The number of ether oxygens (including phenoxy) is 1. The number of hydrogen-bond acceptors (Lipinski definition) is 3. The molecule has 0 radical (unpaired) electrons. The molecule has 6 heteroatoms. The zero-order valence-corrected chi connectivity index (χ0v) is 11.6. The molecule has 0 bridgehead atoms. The van der Waals surface area contributed by atoms with Gasteiger partial charge in [-0.25, -0.2) is 4.39 Å². The second-order valence-electron chi connectivity index (χ2n) is 5.79. The Kier molecular flexibility index (Phi) is 2.45. The maximum atomic E-state index is 13.5. The van der Waals surface area contributed by atoms with E-state index >= 15 is 0 Å². The number of likely N-dealkylation sites (tertiary alicyclic amines) is 1. The topological polar surface area (TPSA) is 53.2 Å². The van der Waals surface area contributed by atoms with Gasteiger partial charge in [0.2, 0.25) is 5.60 Å². The van der Waals surface area contributed by atoms with Crippen LogP contribution in [0.3, 0.4) is 0 Å². The van der Waals surface area contributed by atoms with Gasteiger partial charge in [-0.05, 0) is 31.0 Å². The fraction of sp³-hybridized carbons (Fsp3) is 0.467. The van der Waals surface area contributed by atoms with Crippen molar-refractivity contribution in [3.8, 4) is 0 Å². The summed E-state index contributed by atoms with van der Waals surface area (Å²) in [7, 11) is 1.62. The highest BCUT2D eigenvalue weighted by Crippen LogP contribution is 2.56. The third kappa shape index (κ3) is 1.53. The lowest BCUT2D eigenvalue weighted by atomic mass is 9.96. The molecule has 1 aromatic rings. The van der Waals surface area contributed by atoms with E-state index in [0.29, 0.717) is 24.3 Å². The summed E-state index contributed by atoms with van der Waals surface area (Å²) >= 11 is 0. The van der Waals surface area contributed by atoms with Crippen LogP contribution in [0, 0.1) is 5.82 Å². The minimum Gasteiger partial charge on any atom is -0.340 e. The van der Waals surface area contributed by atoms with Crippen molar-refractivity contribution in [3.63, 3.8) is 0 Å². The van der Waals surface area contributed by atoms with Crippen molar-refractivity contribution in [1.29, 1.82) is 0 Å². The molecule has 2 atom stereocenters. The summed E-state index contributed by atoms with van der Waals surface area (Å²) in [4.78, 5) is 28.1. The van der Waals surface area contributed by atoms with Crippen molar-refractivity contribution in [2.24, 2.45) is 0 Å². The monoisotopic (exact) mass is 290 g/mol. The van der Waals surface area contributed by atoms with Gasteiger partial charge in [-0.3, -0.25) is 9.59 Å². The van der Waals surface area contributed by atoms with Gasteiger partial charge >= 0.3 is 0 Å². The summed E-state index contributed by atoms with van der Waals surface area (Å²) in [5.41, 5.74) is -0.225.